The number of sulfonamides is 1. The van der Waals surface area contributed by atoms with Gasteiger partial charge in [0.2, 0.25) is 0 Å². The molecule has 0 aliphatic carbocycles. The van der Waals surface area contributed by atoms with E-state index in [-0.39, 0.29) is 16.7 Å². The van der Waals surface area contributed by atoms with Crippen LogP contribution in [0.5, 0.6) is 0 Å². The number of hydrogen-bond acceptors (Lipinski definition) is 5. The fourth-order valence-electron chi connectivity index (χ4n) is 5.29. The topological polar surface area (TPSA) is 90.0 Å². The molecule has 0 atom stereocenters. The van der Waals surface area contributed by atoms with Crippen molar-refractivity contribution in [3.8, 4) is 0 Å². The Bertz CT molecular complexity index is 1480. The predicted molar refractivity (Wildman–Crippen MR) is 153 cm³/mol. The number of likely N-dealkylation sites (tertiary alicyclic amines) is 1. The van der Waals surface area contributed by atoms with Gasteiger partial charge in [-0.15, -0.1) is 0 Å². The lowest BCUT2D eigenvalue weighted by molar-refractivity contribution is 0.0723. The lowest BCUT2D eigenvalue weighted by atomic mass is 10.1. The summed E-state index contributed by atoms with van der Waals surface area (Å²) in [7, 11) is -3.83. The number of nitrogens with zero attached hydrogens (tertiary/aromatic N) is 3. The third-order valence-electron chi connectivity index (χ3n) is 7.37. The molecule has 1 N–H and O–H groups in total. The summed E-state index contributed by atoms with van der Waals surface area (Å²) in [6.45, 7) is 3.34. The second-order valence-corrected chi connectivity index (χ2v) is 11.8. The summed E-state index contributed by atoms with van der Waals surface area (Å²) in [4.78, 5) is 32.5. The van der Waals surface area contributed by atoms with Crippen LogP contribution < -0.4 is 9.62 Å². The molecule has 2 saturated heterocycles. The molecule has 40 heavy (non-hydrogen) atoms. The van der Waals surface area contributed by atoms with Crippen LogP contribution in [0.25, 0.3) is 0 Å². The Hall–Kier alpha value is -3.92. The van der Waals surface area contributed by atoms with Gasteiger partial charge in [-0.2, -0.15) is 0 Å². The molecule has 0 unspecified atom stereocenters. The van der Waals surface area contributed by atoms with Crippen molar-refractivity contribution in [2.24, 2.45) is 0 Å². The minimum atomic E-state index is -3.83. The number of carbonyl (C=O) groups is 2. The third-order valence-corrected chi connectivity index (χ3v) is 8.77. The van der Waals surface area contributed by atoms with E-state index >= 15 is 0 Å². The summed E-state index contributed by atoms with van der Waals surface area (Å²) in [5.74, 6) is -0.810. The minimum absolute atomic E-state index is 0.132. The molecule has 10 heteroatoms. The van der Waals surface area contributed by atoms with Gasteiger partial charge in [0.05, 0.1) is 10.5 Å². The van der Waals surface area contributed by atoms with Crippen LogP contribution in [0.3, 0.4) is 0 Å². The number of carbonyl (C=O) groups excluding carboxylic acids is 2. The molecule has 210 valence electrons. The maximum atomic E-state index is 13.7. The monoisotopic (exact) mass is 564 g/mol. The number of hydrogen-bond donors (Lipinski definition) is 1. The SMILES string of the molecule is O=C(c1cccc(F)c1)N1CCCN(c2ccc(NS(=O)(=O)c3ccccc3)cc2C(=O)N2CCCCC2)CC1. The van der Waals surface area contributed by atoms with Crippen molar-refractivity contribution in [3.05, 3.63) is 89.7 Å². The Morgan fingerprint density at radius 2 is 1.43 bits per heavy atom. The van der Waals surface area contributed by atoms with Gasteiger partial charge in [0, 0.05) is 56.2 Å². The number of anilines is 2. The Labute approximate surface area is 234 Å². The largest absolute Gasteiger partial charge is 0.369 e. The molecule has 3 aromatic rings. The number of rotatable bonds is 6. The highest BCUT2D eigenvalue weighted by Gasteiger charge is 2.27. The predicted octanol–water partition coefficient (Wildman–Crippen LogP) is 4.61. The van der Waals surface area contributed by atoms with E-state index in [9.17, 15) is 22.4 Å². The normalized spacial score (nSPS) is 16.4. The molecule has 2 fully saturated rings. The van der Waals surface area contributed by atoms with E-state index in [1.54, 1.807) is 47.4 Å². The van der Waals surface area contributed by atoms with Crippen molar-refractivity contribution < 1.29 is 22.4 Å². The van der Waals surface area contributed by atoms with Crippen LogP contribution >= 0.6 is 0 Å². The van der Waals surface area contributed by atoms with Gasteiger partial charge in [-0.05, 0) is 74.2 Å². The van der Waals surface area contributed by atoms with Gasteiger partial charge in [0.15, 0.2) is 0 Å². The molecule has 3 aromatic carbocycles. The average molecular weight is 565 g/mol. The minimum Gasteiger partial charge on any atom is -0.369 e. The van der Waals surface area contributed by atoms with Gasteiger partial charge < -0.3 is 14.7 Å². The summed E-state index contributed by atoms with van der Waals surface area (Å²) in [6.07, 6.45) is 3.61. The number of amides is 2. The highest BCUT2D eigenvalue weighted by molar-refractivity contribution is 7.92. The standard InChI is InChI=1S/C30H33FN4O4S/c31-24-10-7-9-23(21-24)29(36)35-18-8-17-33(19-20-35)28-14-13-25(32-40(38,39)26-11-3-1-4-12-26)22-27(28)30(37)34-15-5-2-6-16-34/h1,3-4,7,9-14,21-22,32H,2,5-6,8,15-20H2. The number of nitrogens with one attached hydrogen (secondary N) is 1. The van der Waals surface area contributed by atoms with Gasteiger partial charge in [-0.3, -0.25) is 14.3 Å². The second kappa shape index (κ2) is 12.1. The van der Waals surface area contributed by atoms with Gasteiger partial charge in [-0.25, -0.2) is 12.8 Å². The summed E-state index contributed by atoms with van der Waals surface area (Å²) in [5.41, 5.74) is 1.76. The van der Waals surface area contributed by atoms with Crippen molar-refractivity contribution in [2.45, 2.75) is 30.6 Å². The van der Waals surface area contributed by atoms with Crippen molar-refractivity contribution in [1.29, 1.82) is 0 Å². The molecular weight excluding hydrogens is 531 g/mol. The fourth-order valence-corrected chi connectivity index (χ4v) is 6.36. The van der Waals surface area contributed by atoms with Crippen molar-refractivity contribution in [2.75, 3.05) is 48.9 Å². The zero-order valence-corrected chi connectivity index (χ0v) is 23.1. The first-order valence-electron chi connectivity index (χ1n) is 13.6. The van der Waals surface area contributed by atoms with Crippen LogP contribution in [0.1, 0.15) is 46.4 Å². The molecular formula is C30H33FN4O4S. The Kier molecular flexibility index (Phi) is 8.35. The van der Waals surface area contributed by atoms with Crippen LogP contribution in [0.2, 0.25) is 0 Å². The lowest BCUT2D eigenvalue weighted by Gasteiger charge is -2.30. The van der Waals surface area contributed by atoms with Gasteiger partial charge >= 0.3 is 0 Å². The zero-order chi connectivity index (χ0) is 28.1. The highest BCUT2D eigenvalue weighted by Crippen LogP contribution is 2.29. The Morgan fingerprint density at radius 1 is 0.700 bits per heavy atom. The molecule has 0 saturated carbocycles. The van der Waals surface area contributed by atoms with E-state index in [2.05, 4.69) is 9.62 Å². The molecule has 8 nitrogen and oxygen atoms in total. The first kappa shape index (κ1) is 27.6. The van der Waals surface area contributed by atoms with Crippen molar-refractivity contribution in [1.82, 2.24) is 9.80 Å². The number of halogens is 1. The second-order valence-electron chi connectivity index (χ2n) is 10.1. The molecule has 0 bridgehead atoms. The Balaban J connectivity index is 1.41. The van der Waals surface area contributed by atoms with E-state index in [0.717, 1.165) is 19.3 Å². The van der Waals surface area contributed by atoms with E-state index in [1.807, 2.05) is 4.90 Å². The fraction of sp³-hybridized carbons (Fsp3) is 0.333. The Morgan fingerprint density at radius 3 is 2.17 bits per heavy atom. The summed E-state index contributed by atoms with van der Waals surface area (Å²) in [5, 5.41) is 0. The maximum absolute atomic E-state index is 13.7. The smallest absolute Gasteiger partial charge is 0.261 e. The lowest BCUT2D eigenvalue weighted by Crippen LogP contribution is -2.38. The first-order valence-corrected chi connectivity index (χ1v) is 15.1. The summed E-state index contributed by atoms with van der Waals surface area (Å²) in [6, 6.07) is 18.9. The van der Waals surface area contributed by atoms with Gasteiger partial charge in [0.1, 0.15) is 5.82 Å². The van der Waals surface area contributed by atoms with E-state index < -0.39 is 15.8 Å². The number of piperidine rings is 1. The molecule has 2 aliphatic rings. The van der Waals surface area contributed by atoms with Gasteiger partial charge in [0.25, 0.3) is 21.8 Å². The molecule has 5 rings (SSSR count). The summed E-state index contributed by atoms with van der Waals surface area (Å²) < 4.78 is 42.3. The van der Waals surface area contributed by atoms with E-state index in [1.165, 1.54) is 30.3 Å². The number of benzene rings is 3. The van der Waals surface area contributed by atoms with E-state index in [0.29, 0.717) is 68.2 Å². The van der Waals surface area contributed by atoms with Crippen molar-refractivity contribution >= 4 is 33.2 Å². The zero-order valence-electron chi connectivity index (χ0n) is 22.3. The molecule has 2 amide bonds. The van der Waals surface area contributed by atoms with Crippen LogP contribution in [-0.4, -0.2) is 69.3 Å². The molecule has 2 aliphatic heterocycles. The average Bonchev–Trinajstić information content (AvgIpc) is 3.23. The van der Waals surface area contributed by atoms with E-state index in [4.69, 9.17) is 0 Å². The van der Waals surface area contributed by atoms with Crippen LogP contribution in [0, 0.1) is 5.82 Å². The maximum Gasteiger partial charge on any atom is 0.261 e. The molecule has 0 aromatic heterocycles. The molecule has 0 spiro atoms. The highest BCUT2D eigenvalue weighted by atomic mass is 32.2. The van der Waals surface area contributed by atoms with Crippen molar-refractivity contribution in [3.63, 3.8) is 0 Å². The quantitative estimate of drug-likeness (QED) is 0.473. The van der Waals surface area contributed by atoms with Crippen LogP contribution in [0.4, 0.5) is 15.8 Å². The van der Waals surface area contributed by atoms with Crippen LogP contribution in [-0.2, 0) is 10.0 Å². The molecule has 2 heterocycles. The first-order chi connectivity index (χ1) is 19.3. The van der Waals surface area contributed by atoms with Gasteiger partial charge in [-0.1, -0.05) is 24.3 Å². The van der Waals surface area contributed by atoms with Crippen LogP contribution in [0.15, 0.2) is 77.7 Å². The molecule has 0 radical (unpaired) electrons. The third kappa shape index (κ3) is 6.28. The summed E-state index contributed by atoms with van der Waals surface area (Å²) >= 11 is 0.